The average molecular weight is 449 g/mol. The van der Waals surface area contributed by atoms with E-state index in [0.29, 0.717) is 17.0 Å². The van der Waals surface area contributed by atoms with Crippen molar-refractivity contribution in [1.29, 1.82) is 0 Å². The lowest BCUT2D eigenvalue weighted by molar-refractivity contribution is -0.123. The summed E-state index contributed by atoms with van der Waals surface area (Å²) in [6, 6.07) is 12.2. The lowest BCUT2D eigenvalue weighted by atomic mass is 10.1. The number of thiazole rings is 1. The molecule has 0 saturated carbocycles. The Labute approximate surface area is 180 Å². The van der Waals surface area contributed by atoms with Gasteiger partial charge in [0, 0.05) is 22.2 Å². The van der Waals surface area contributed by atoms with Crippen LogP contribution in [0, 0.1) is 6.92 Å². The highest BCUT2D eigenvalue weighted by atomic mass is 32.1. The van der Waals surface area contributed by atoms with E-state index >= 15 is 0 Å². The molecule has 0 atom stereocenters. The number of hydrogen-bond acceptors (Lipinski definition) is 5. The number of ether oxygens (including phenoxy) is 1. The number of amides is 2. The van der Waals surface area contributed by atoms with Gasteiger partial charge in [0.1, 0.15) is 18.9 Å². The Kier molecular flexibility index (Phi) is 6.91. The molecule has 1 heterocycles. The van der Waals surface area contributed by atoms with Crippen LogP contribution in [-0.4, -0.2) is 29.5 Å². The number of halogens is 3. The highest BCUT2D eigenvalue weighted by Gasteiger charge is 2.27. The summed E-state index contributed by atoms with van der Waals surface area (Å²) < 4.78 is 42.2. The van der Waals surface area contributed by atoms with Crippen LogP contribution in [0.2, 0.25) is 0 Å². The second kappa shape index (κ2) is 9.61. The van der Waals surface area contributed by atoms with Crippen LogP contribution in [0.3, 0.4) is 0 Å². The van der Waals surface area contributed by atoms with Crippen LogP contribution in [0.4, 0.5) is 18.9 Å². The Hall–Kier alpha value is -3.40. The highest BCUT2D eigenvalue weighted by Crippen LogP contribution is 2.18. The van der Waals surface area contributed by atoms with Crippen molar-refractivity contribution in [3.8, 4) is 5.75 Å². The molecule has 0 bridgehead atoms. The zero-order valence-electron chi connectivity index (χ0n) is 16.3. The van der Waals surface area contributed by atoms with Crippen LogP contribution in [0.5, 0.6) is 5.75 Å². The molecule has 2 aromatic carbocycles. The van der Waals surface area contributed by atoms with Gasteiger partial charge in [-0.25, -0.2) is 4.98 Å². The first kappa shape index (κ1) is 22.3. The minimum atomic E-state index is -4.49. The molecule has 31 heavy (non-hydrogen) atoms. The van der Waals surface area contributed by atoms with Crippen molar-refractivity contribution in [2.24, 2.45) is 0 Å². The fraction of sp³-hybridized carbons (Fsp3) is 0.190. The number of alkyl halides is 3. The number of rotatable bonds is 7. The third-order valence-electron chi connectivity index (χ3n) is 4.00. The molecular weight excluding hydrogens is 431 g/mol. The van der Waals surface area contributed by atoms with Crippen molar-refractivity contribution in [3.05, 3.63) is 75.7 Å². The molecule has 0 radical (unpaired) electrons. The van der Waals surface area contributed by atoms with Crippen LogP contribution in [0.15, 0.2) is 53.9 Å². The third kappa shape index (κ3) is 6.82. The molecule has 10 heteroatoms. The number of nitrogens with zero attached hydrogens (tertiary/aromatic N) is 1. The fourth-order valence-corrected chi connectivity index (χ4v) is 3.15. The summed E-state index contributed by atoms with van der Waals surface area (Å²) in [6.45, 7) is 0.776. The Bertz CT molecular complexity index is 1070. The summed E-state index contributed by atoms with van der Waals surface area (Å²) in [5.74, 6) is -0.741. The van der Waals surface area contributed by atoms with Gasteiger partial charge in [0.25, 0.3) is 11.8 Å². The van der Waals surface area contributed by atoms with E-state index in [1.165, 1.54) is 35.6 Å². The molecule has 0 aliphatic rings. The van der Waals surface area contributed by atoms with E-state index in [4.69, 9.17) is 4.74 Å². The molecule has 3 aromatic rings. The number of anilines is 1. The SMILES string of the molecule is Cc1nc(COc2cccc(C(=O)Nc3ccc(C(=O)NCC(F)(F)F)cc3)c2)cs1. The summed E-state index contributed by atoms with van der Waals surface area (Å²) in [5.41, 5.74) is 1.60. The smallest absolute Gasteiger partial charge is 0.405 e. The molecule has 0 spiro atoms. The molecule has 6 nitrogen and oxygen atoms in total. The molecule has 2 amide bonds. The van der Waals surface area contributed by atoms with Gasteiger partial charge >= 0.3 is 6.18 Å². The third-order valence-corrected chi connectivity index (χ3v) is 4.83. The molecule has 0 unspecified atom stereocenters. The Morgan fingerprint density at radius 3 is 2.45 bits per heavy atom. The molecule has 3 rings (SSSR count). The molecule has 1 aromatic heterocycles. The van der Waals surface area contributed by atoms with Crippen molar-refractivity contribution >= 4 is 28.8 Å². The summed E-state index contributed by atoms with van der Waals surface area (Å²) in [6.07, 6.45) is -4.49. The standard InChI is InChI=1S/C21H18F3N3O3S/c1-13-26-17(11-31-13)10-30-18-4-2-3-15(9-18)20(29)27-16-7-5-14(6-8-16)19(28)25-12-21(22,23)24/h2-9,11H,10,12H2,1H3,(H,25,28)(H,27,29). The predicted molar refractivity (Wildman–Crippen MR) is 110 cm³/mol. The molecule has 0 saturated heterocycles. The Morgan fingerprint density at radius 2 is 1.81 bits per heavy atom. The second-order valence-electron chi connectivity index (χ2n) is 6.50. The maximum atomic E-state index is 12.5. The number of carbonyl (C=O) groups is 2. The second-order valence-corrected chi connectivity index (χ2v) is 7.57. The predicted octanol–water partition coefficient (Wildman–Crippen LogP) is 4.57. The number of benzene rings is 2. The van der Waals surface area contributed by atoms with Gasteiger partial charge in [-0.1, -0.05) is 6.07 Å². The fourth-order valence-electron chi connectivity index (χ4n) is 2.55. The van der Waals surface area contributed by atoms with E-state index in [9.17, 15) is 22.8 Å². The summed E-state index contributed by atoms with van der Waals surface area (Å²) >= 11 is 1.52. The number of hydrogen-bond donors (Lipinski definition) is 2. The van der Waals surface area contributed by atoms with Crippen molar-refractivity contribution < 1.29 is 27.5 Å². The maximum absolute atomic E-state index is 12.5. The summed E-state index contributed by atoms with van der Waals surface area (Å²) in [4.78, 5) is 28.5. The molecular formula is C21H18F3N3O3S. The van der Waals surface area contributed by atoms with Gasteiger partial charge in [-0.2, -0.15) is 13.2 Å². The lowest BCUT2D eigenvalue weighted by Crippen LogP contribution is -2.33. The minimum Gasteiger partial charge on any atom is -0.487 e. The number of carbonyl (C=O) groups excluding carboxylic acids is 2. The Balaban J connectivity index is 1.57. The Morgan fingerprint density at radius 1 is 1.06 bits per heavy atom. The first-order valence-electron chi connectivity index (χ1n) is 9.10. The van der Waals surface area contributed by atoms with Crippen molar-refractivity contribution in [2.45, 2.75) is 19.7 Å². The van der Waals surface area contributed by atoms with E-state index in [0.717, 1.165) is 10.7 Å². The van der Waals surface area contributed by atoms with Crippen molar-refractivity contribution in [2.75, 3.05) is 11.9 Å². The van der Waals surface area contributed by atoms with Crippen molar-refractivity contribution in [3.63, 3.8) is 0 Å². The monoisotopic (exact) mass is 449 g/mol. The van der Waals surface area contributed by atoms with E-state index in [1.807, 2.05) is 12.3 Å². The molecule has 0 fully saturated rings. The van der Waals surface area contributed by atoms with Crippen LogP contribution in [0.1, 0.15) is 31.4 Å². The topological polar surface area (TPSA) is 80.3 Å². The van der Waals surface area contributed by atoms with Gasteiger partial charge in [0.2, 0.25) is 0 Å². The number of aryl methyl sites for hydroxylation is 1. The zero-order chi connectivity index (χ0) is 22.4. The average Bonchev–Trinajstić information content (AvgIpc) is 3.16. The molecule has 0 aliphatic heterocycles. The largest absolute Gasteiger partial charge is 0.487 e. The molecule has 162 valence electrons. The summed E-state index contributed by atoms with van der Waals surface area (Å²) in [5, 5.41) is 7.30. The van der Waals surface area contributed by atoms with Crippen LogP contribution in [-0.2, 0) is 6.61 Å². The summed E-state index contributed by atoms with van der Waals surface area (Å²) in [7, 11) is 0. The van der Waals surface area contributed by atoms with Gasteiger partial charge in [0.05, 0.1) is 10.7 Å². The molecule has 0 aliphatic carbocycles. The first-order valence-corrected chi connectivity index (χ1v) is 9.98. The van der Waals surface area contributed by atoms with E-state index in [-0.39, 0.29) is 12.2 Å². The van der Waals surface area contributed by atoms with Gasteiger partial charge in [-0.15, -0.1) is 11.3 Å². The van der Waals surface area contributed by atoms with Gasteiger partial charge < -0.3 is 15.4 Å². The van der Waals surface area contributed by atoms with Gasteiger partial charge in [-0.05, 0) is 49.4 Å². The quantitative estimate of drug-likeness (QED) is 0.554. The van der Waals surface area contributed by atoms with E-state index in [1.54, 1.807) is 29.6 Å². The van der Waals surface area contributed by atoms with E-state index < -0.39 is 24.5 Å². The van der Waals surface area contributed by atoms with Crippen LogP contribution < -0.4 is 15.4 Å². The number of aromatic nitrogens is 1. The highest BCUT2D eigenvalue weighted by molar-refractivity contribution is 7.09. The number of nitrogens with one attached hydrogen (secondary N) is 2. The minimum absolute atomic E-state index is 0.0509. The van der Waals surface area contributed by atoms with E-state index in [2.05, 4.69) is 10.3 Å². The van der Waals surface area contributed by atoms with Crippen LogP contribution >= 0.6 is 11.3 Å². The lowest BCUT2D eigenvalue weighted by Gasteiger charge is -2.10. The van der Waals surface area contributed by atoms with Gasteiger partial charge in [-0.3, -0.25) is 9.59 Å². The van der Waals surface area contributed by atoms with Crippen LogP contribution in [0.25, 0.3) is 0 Å². The van der Waals surface area contributed by atoms with Crippen molar-refractivity contribution in [1.82, 2.24) is 10.3 Å². The molecule has 2 N–H and O–H groups in total. The maximum Gasteiger partial charge on any atom is 0.405 e. The van der Waals surface area contributed by atoms with Gasteiger partial charge in [0.15, 0.2) is 0 Å². The normalized spacial score (nSPS) is 11.1. The zero-order valence-corrected chi connectivity index (χ0v) is 17.1. The first-order chi connectivity index (χ1) is 14.7.